The molecule has 3 heteroatoms. The maximum absolute atomic E-state index is 5.98. The van der Waals surface area contributed by atoms with E-state index < -0.39 is 0 Å². The molecule has 0 saturated carbocycles. The van der Waals surface area contributed by atoms with Gasteiger partial charge in [-0.2, -0.15) is 0 Å². The molecule has 0 radical (unpaired) electrons. The van der Waals surface area contributed by atoms with Gasteiger partial charge in [-0.1, -0.05) is 41.6 Å². The standard InChI is InChI=1S/C15H12ClNS/c1-10-8-11(16)6-7-14(10)18-15-9-17-13-5-3-2-4-12(13)15/h2-9,17H,1H3. The minimum atomic E-state index is 0.788. The molecule has 0 unspecified atom stereocenters. The van der Waals surface area contributed by atoms with Crippen molar-refractivity contribution in [1.29, 1.82) is 0 Å². The second kappa shape index (κ2) is 4.71. The fourth-order valence-electron chi connectivity index (χ4n) is 1.98. The van der Waals surface area contributed by atoms with Crippen molar-refractivity contribution in [2.24, 2.45) is 0 Å². The molecule has 1 nitrogen and oxygen atoms in total. The minimum Gasteiger partial charge on any atom is -0.360 e. The molecule has 0 spiro atoms. The third kappa shape index (κ3) is 2.14. The van der Waals surface area contributed by atoms with E-state index in [4.69, 9.17) is 11.6 Å². The normalized spacial score (nSPS) is 11.0. The number of rotatable bonds is 2. The molecule has 0 atom stereocenters. The van der Waals surface area contributed by atoms with Gasteiger partial charge in [-0.15, -0.1) is 0 Å². The van der Waals surface area contributed by atoms with Crippen molar-refractivity contribution < 1.29 is 0 Å². The molecule has 0 aliphatic carbocycles. The highest BCUT2D eigenvalue weighted by Gasteiger charge is 2.06. The summed E-state index contributed by atoms with van der Waals surface area (Å²) in [6.45, 7) is 2.09. The molecule has 1 N–H and O–H groups in total. The van der Waals surface area contributed by atoms with Crippen molar-refractivity contribution in [3.8, 4) is 0 Å². The smallest absolute Gasteiger partial charge is 0.0465 e. The van der Waals surface area contributed by atoms with E-state index in [0.717, 1.165) is 5.02 Å². The van der Waals surface area contributed by atoms with Gasteiger partial charge in [0.1, 0.15) is 0 Å². The summed E-state index contributed by atoms with van der Waals surface area (Å²) in [5.74, 6) is 0. The number of halogens is 1. The van der Waals surface area contributed by atoms with E-state index in [0.29, 0.717) is 0 Å². The first-order chi connectivity index (χ1) is 8.74. The van der Waals surface area contributed by atoms with E-state index in [1.165, 1.54) is 26.3 Å². The van der Waals surface area contributed by atoms with Crippen LogP contribution < -0.4 is 0 Å². The Hall–Kier alpha value is -1.38. The molecule has 18 heavy (non-hydrogen) atoms. The minimum absolute atomic E-state index is 0.788. The number of nitrogens with one attached hydrogen (secondary N) is 1. The van der Waals surface area contributed by atoms with Gasteiger partial charge in [0.2, 0.25) is 0 Å². The lowest BCUT2D eigenvalue weighted by Crippen LogP contribution is -1.79. The summed E-state index contributed by atoms with van der Waals surface area (Å²) in [6.07, 6.45) is 2.06. The third-order valence-electron chi connectivity index (χ3n) is 2.91. The zero-order chi connectivity index (χ0) is 12.5. The number of aromatic amines is 1. The number of benzene rings is 2. The van der Waals surface area contributed by atoms with Crippen molar-refractivity contribution in [1.82, 2.24) is 4.98 Å². The van der Waals surface area contributed by atoms with Crippen LogP contribution in [0.1, 0.15) is 5.56 Å². The van der Waals surface area contributed by atoms with Crippen molar-refractivity contribution in [3.63, 3.8) is 0 Å². The molecule has 1 heterocycles. The van der Waals surface area contributed by atoms with Gasteiger partial charge in [-0.05, 0) is 36.8 Å². The van der Waals surface area contributed by atoms with Gasteiger partial charge in [0, 0.05) is 31.9 Å². The number of H-pyrrole nitrogens is 1. The predicted molar refractivity (Wildman–Crippen MR) is 78.6 cm³/mol. The summed E-state index contributed by atoms with van der Waals surface area (Å²) in [6, 6.07) is 14.3. The highest BCUT2D eigenvalue weighted by Crippen LogP contribution is 2.35. The van der Waals surface area contributed by atoms with E-state index in [2.05, 4.69) is 42.4 Å². The van der Waals surface area contributed by atoms with E-state index >= 15 is 0 Å². The molecule has 2 aromatic carbocycles. The van der Waals surface area contributed by atoms with Gasteiger partial charge in [-0.3, -0.25) is 0 Å². The summed E-state index contributed by atoms with van der Waals surface area (Å²) in [4.78, 5) is 5.78. The molecule has 0 saturated heterocycles. The number of hydrogen-bond acceptors (Lipinski definition) is 1. The zero-order valence-corrected chi connectivity index (χ0v) is 11.5. The monoisotopic (exact) mass is 273 g/mol. The molecule has 0 bridgehead atoms. The maximum atomic E-state index is 5.98. The van der Waals surface area contributed by atoms with Gasteiger partial charge in [-0.25, -0.2) is 0 Å². The summed E-state index contributed by atoms with van der Waals surface area (Å²) in [5, 5.41) is 2.05. The fraction of sp³-hybridized carbons (Fsp3) is 0.0667. The van der Waals surface area contributed by atoms with Crippen molar-refractivity contribution >= 4 is 34.3 Å². The van der Waals surface area contributed by atoms with Crippen LogP contribution in [-0.2, 0) is 0 Å². The van der Waals surface area contributed by atoms with Crippen LogP contribution in [0.4, 0.5) is 0 Å². The first kappa shape index (κ1) is 11.7. The predicted octanol–water partition coefficient (Wildman–Crippen LogP) is 5.28. The average Bonchev–Trinajstić information content (AvgIpc) is 2.76. The Kier molecular flexibility index (Phi) is 3.06. The van der Waals surface area contributed by atoms with Crippen LogP contribution in [0.15, 0.2) is 58.5 Å². The Morgan fingerprint density at radius 2 is 1.89 bits per heavy atom. The molecule has 90 valence electrons. The summed E-state index contributed by atoms with van der Waals surface area (Å²) in [7, 11) is 0. The van der Waals surface area contributed by atoms with E-state index in [1.54, 1.807) is 11.8 Å². The Morgan fingerprint density at radius 1 is 1.06 bits per heavy atom. The topological polar surface area (TPSA) is 15.8 Å². The number of aryl methyl sites for hydroxylation is 1. The average molecular weight is 274 g/mol. The van der Waals surface area contributed by atoms with Gasteiger partial charge >= 0.3 is 0 Å². The summed E-state index contributed by atoms with van der Waals surface area (Å²) in [5.41, 5.74) is 2.38. The van der Waals surface area contributed by atoms with Crippen molar-refractivity contribution in [2.75, 3.05) is 0 Å². The second-order valence-corrected chi connectivity index (χ2v) is 5.73. The lowest BCUT2D eigenvalue weighted by molar-refractivity contribution is 1.30. The van der Waals surface area contributed by atoms with Crippen LogP contribution in [0.25, 0.3) is 10.9 Å². The van der Waals surface area contributed by atoms with Gasteiger partial charge in [0.25, 0.3) is 0 Å². The van der Waals surface area contributed by atoms with Gasteiger partial charge in [0.05, 0.1) is 0 Å². The first-order valence-corrected chi connectivity index (χ1v) is 6.93. The number of hydrogen-bond donors (Lipinski definition) is 1. The SMILES string of the molecule is Cc1cc(Cl)ccc1Sc1c[nH]c2ccccc12. The molecule has 0 amide bonds. The Balaban J connectivity index is 2.01. The van der Waals surface area contributed by atoms with Crippen molar-refractivity contribution in [2.45, 2.75) is 16.7 Å². The third-order valence-corrected chi connectivity index (χ3v) is 4.38. The number of aromatic nitrogens is 1. The first-order valence-electron chi connectivity index (χ1n) is 5.74. The van der Waals surface area contributed by atoms with Crippen LogP contribution in [-0.4, -0.2) is 4.98 Å². The van der Waals surface area contributed by atoms with E-state index in [1.807, 2.05) is 18.2 Å². The maximum Gasteiger partial charge on any atom is 0.0465 e. The molecular formula is C15H12ClNS. The Bertz CT molecular complexity index is 703. The molecule has 0 aliphatic rings. The Labute approximate surface area is 115 Å². The second-order valence-electron chi connectivity index (χ2n) is 4.21. The summed E-state index contributed by atoms with van der Waals surface area (Å²) >= 11 is 7.75. The Morgan fingerprint density at radius 3 is 2.72 bits per heavy atom. The largest absolute Gasteiger partial charge is 0.360 e. The molecule has 0 fully saturated rings. The van der Waals surface area contributed by atoms with Crippen LogP contribution >= 0.6 is 23.4 Å². The van der Waals surface area contributed by atoms with Crippen LogP contribution in [0.3, 0.4) is 0 Å². The van der Waals surface area contributed by atoms with Gasteiger partial charge < -0.3 is 4.98 Å². The number of fused-ring (bicyclic) bond motifs is 1. The lowest BCUT2D eigenvalue weighted by atomic mass is 10.2. The molecule has 3 rings (SSSR count). The van der Waals surface area contributed by atoms with Crippen LogP contribution in [0.2, 0.25) is 5.02 Å². The number of para-hydroxylation sites is 1. The molecule has 1 aromatic heterocycles. The van der Waals surface area contributed by atoms with Crippen molar-refractivity contribution in [3.05, 3.63) is 59.2 Å². The molecule has 3 aromatic rings. The zero-order valence-electron chi connectivity index (χ0n) is 9.91. The molecule has 0 aliphatic heterocycles. The van der Waals surface area contributed by atoms with Crippen LogP contribution in [0, 0.1) is 6.92 Å². The molecular weight excluding hydrogens is 262 g/mol. The summed E-state index contributed by atoms with van der Waals surface area (Å²) < 4.78 is 0. The van der Waals surface area contributed by atoms with E-state index in [9.17, 15) is 0 Å². The lowest BCUT2D eigenvalue weighted by Gasteiger charge is -2.04. The van der Waals surface area contributed by atoms with E-state index in [-0.39, 0.29) is 0 Å². The highest BCUT2D eigenvalue weighted by molar-refractivity contribution is 7.99. The van der Waals surface area contributed by atoms with Gasteiger partial charge in [0.15, 0.2) is 0 Å². The highest BCUT2D eigenvalue weighted by atomic mass is 35.5. The van der Waals surface area contributed by atoms with Crippen LogP contribution in [0.5, 0.6) is 0 Å². The fourth-order valence-corrected chi connectivity index (χ4v) is 3.20. The quantitative estimate of drug-likeness (QED) is 0.671.